The van der Waals surface area contributed by atoms with Gasteiger partial charge in [0.05, 0.1) is 0 Å². The molecule has 0 fully saturated rings. The van der Waals surface area contributed by atoms with E-state index in [1.807, 2.05) is 12.1 Å². The van der Waals surface area contributed by atoms with E-state index in [0.717, 1.165) is 29.8 Å². The van der Waals surface area contributed by atoms with Crippen LogP contribution in [0.2, 0.25) is 0 Å². The summed E-state index contributed by atoms with van der Waals surface area (Å²) in [5.74, 6) is 1.37. The number of benzene rings is 1. The Hall–Kier alpha value is -0.540. The molecule has 18 heavy (non-hydrogen) atoms. The summed E-state index contributed by atoms with van der Waals surface area (Å²) in [6.45, 7) is 12.3. The molecule has 1 aromatic rings. The Labute approximate surface area is 120 Å². The second kappa shape index (κ2) is 7.15. The van der Waals surface area contributed by atoms with Crippen LogP contribution in [0.15, 0.2) is 22.7 Å². The summed E-state index contributed by atoms with van der Waals surface area (Å²) < 4.78 is 1.15. The van der Waals surface area contributed by atoms with Gasteiger partial charge in [-0.1, -0.05) is 43.6 Å². The zero-order valence-corrected chi connectivity index (χ0v) is 13.5. The van der Waals surface area contributed by atoms with E-state index < -0.39 is 0 Å². The highest BCUT2D eigenvalue weighted by atomic mass is 79.9. The van der Waals surface area contributed by atoms with Gasteiger partial charge in [-0.25, -0.2) is 0 Å². The monoisotopic (exact) mass is 312 g/mol. The highest BCUT2D eigenvalue weighted by Crippen LogP contribution is 2.22. The maximum atomic E-state index is 5.87. The van der Waals surface area contributed by atoms with E-state index in [-0.39, 0.29) is 0 Å². The predicted molar refractivity (Wildman–Crippen MR) is 83.5 cm³/mol. The third-order valence-electron chi connectivity index (χ3n) is 2.71. The van der Waals surface area contributed by atoms with E-state index in [2.05, 4.69) is 54.6 Å². The molecule has 1 rings (SSSR count). The lowest BCUT2D eigenvalue weighted by Crippen LogP contribution is -2.31. The smallest absolute Gasteiger partial charge is 0.0318 e. The summed E-state index contributed by atoms with van der Waals surface area (Å²) in [6, 6.07) is 6.04. The van der Waals surface area contributed by atoms with Gasteiger partial charge in [-0.3, -0.25) is 4.90 Å². The fourth-order valence-corrected chi connectivity index (χ4v) is 2.57. The van der Waals surface area contributed by atoms with Gasteiger partial charge in [-0.2, -0.15) is 0 Å². The first-order valence-electron chi connectivity index (χ1n) is 6.64. The van der Waals surface area contributed by atoms with Crippen LogP contribution in [0.4, 0.5) is 5.69 Å². The van der Waals surface area contributed by atoms with Crippen LogP contribution < -0.4 is 5.73 Å². The van der Waals surface area contributed by atoms with Gasteiger partial charge >= 0.3 is 0 Å². The van der Waals surface area contributed by atoms with E-state index >= 15 is 0 Å². The number of hydrogen-bond acceptors (Lipinski definition) is 2. The summed E-state index contributed by atoms with van der Waals surface area (Å²) in [6.07, 6.45) is 0. The van der Waals surface area contributed by atoms with Crippen molar-refractivity contribution in [1.82, 2.24) is 4.90 Å². The van der Waals surface area contributed by atoms with Crippen molar-refractivity contribution in [3.8, 4) is 0 Å². The number of rotatable bonds is 6. The highest BCUT2D eigenvalue weighted by Gasteiger charge is 2.12. The van der Waals surface area contributed by atoms with E-state index in [1.54, 1.807) is 0 Å². The lowest BCUT2D eigenvalue weighted by molar-refractivity contribution is 0.211. The van der Waals surface area contributed by atoms with Gasteiger partial charge in [0.15, 0.2) is 0 Å². The lowest BCUT2D eigenvalue weighted by atomic mass is 10.1. The van der Waals surface area contributed by atoms with Gasteiger partial charge in [0.25, 0.3) is 0 Å². The number of nitrogens with zero attached hydrogens (tertiary/aromatic N) is 1. The summed E-state index contributed by atoms with van der Waals surface area (Å²) >= 11 is 3.61. The second-order valence-corrected chi connectivity index (χ2v) is 6.69. The number of hydrogen-bond donors (Lipinski definition) is 1. The summed E-state index contributed by atoms with van der Waals surface area (Å²) in [5.41, 5.74) is 7.98. The quantitative estimate of drug-likeness (QED) is 0.800. The summed E-state index contributed by atoms with van der Waals surface area (Å²) in [5, 5.41) is 0. The Morgan fingerprint density at radius 3 is 2.17 bits per heavy atom. The third-order valence-corrected chi connectivity index (χ3v) is 3.48. The molecule has 0 amide bonds. The molecule has 0 aliphatic rings. The first-order valence-corrected chi connectivity index (χ1v) is 7.44. The van der Waals surface area contributed by atoms with Crippen LogP contribution in [0.25, 0.3) is 0 Å². The topological polar surface area (TPSA) is 29.3 Å². The Balaban J connectivity index is 2.77. The fraction of sp³-hybridized carbons (Fsp3) is 0.600. The molecule has 0 aromatic heterocycles. The lowest BCUT2D eigenvalue weighted by Gasteiger charge is -2.26. The van der Waals surface area contributed by atoms with Crippen molar-refractivity contribution < 1.29 is 0 Å². The van der Waals surface area contributed by atoms with Crippen molar-refractivity contribution in [2.75, 3.05) is 18.8 Å². The fourth-order valence-electron chi connectivity index (χ4n) is 2.19. The zero-order valence-electron chi connectivity index (χ0n) is 11.9. The Morgan fingerprint density at radius 1 is 1.11 bits per heavy atom. The van der Waals surface area contributed by atoms with E-state index in [0.29, 0.717) is 11.8 Å². The van der Waals surface area contributed by atoms with Crippen LogP contribution in [-0.2, 0) is 6.54 Å². The largest absolute Gasteiger partial charge is 0.399 e. The van der Waals surface area contributed by atoms with Gasteiger partial charge in [0, 0.05) is 29.8 Å². The van der Waals surface area contributed by atoms with Gasteiger partial charge in [0.2, 0.25) is 0 Å². The maximum Gasteiger partial charge on any atom is 0.0318 e. The molecule has 0 saturated heterocycles. The van der Waals surface area contributed by atoms with Gasteiger partial charge < -0.3 is 5.73 Å². The molecule has 102 valence electrons. The maximum absolute atomic E-state index is 5.87. The van der Waals surface area contributed by atoms with Crippen molar-refractivity contribution >= 4 is 21.6 Å². The van der Waals surface area contributed by atoms with Crippen LogP contribution in [-0.4, -0.2) is 18.0 Å². The normalized spacial score (nSPS) is 11.8. The average Bonchev–Trinajstić information content (AvgIpc) is 2.21. The molecule has 3 heteroatoms. The molecule has 2 nitrogen and oxygen atoms in total. The molecule has 0 saturated carbocycles. The molecule has 0 aliphatic heterocycles. The molecule has 0 unspecified atom stereocenters. The standard InChI is InChI=1S/C15H25BrN2/c1-11(2)8-18(9-12(3)4)10-13-7-14(17)5-6-15(13)16/h5-7,11-12H,8-10,17H2,1-4H3. The minimum Gasteiger partial charge on any atom is -0.399 e. The minimum atomic E-state index is 0.684. The molecule has 1 aromatic carbocycles. The number of nitrogens with two attached hydrogens (primary N) is 1. The van der Waals surface area contributed by atoms with Crippen molar-refractivity contribution in [1.29, 1.82) is 0 Å². The summed E-state index contributed by atoms with van der Waals surface area (Å²) in [4.78, 5) is 2.51. The van der Waals surface area contributed by atoms with E-state index in [9.17, 15) is 0 Å². The van der Waals surface area contributed by atoms with Gasteiger partial charge in [-0.05, 0) is 35.6 Å². The van der Waals surface area contributed by atoms with Crippen molar-refractivity contribution in [3.05, 3.63) is 28.2 Å². The van der Waals surface area contributed by atoms with Crippen LogP contribution in [0.5, 0.6) is 0 Å². The molecule has 0 aliphatic carbocycles. The molecule has 0 spiro atoms. The highest BCUT2D eigenvalue weighted by molar-refractivity contribution is 9.10. The Kier molecular flexibility index (Phi) is 6.16. The molecule has 0 bridgehead atoms. The molecule has 0 atom stereocenters. The zero-order chi connectivity index (χ0) is 13.7. The van der Waals surface area contributed by atoms with Crippen LogP contribution >= 0.6 is 15.9 Å². The second-order valence-electron chi connectivity index (χ2n) is 5.83. The molecular formula is C15H25BrN2. The molecule has 0 heterocycles. The number of halogens is 1. The van der Waals surface area contributed by atoms with Crippen LogP contribution in [0.1, 0.15) is 33.3 Å². The number of anilines is 1. The SMILES string of the molecule is CC(C)CN(Cc1cc(N)ccc1Br)CC(C)C. The Bertz CT molecular complexity index is 365. The first kappa shape index (κ1) is 15.5. The van der Waals surface area contributed by atoms with Gasteiger partial charge in [-0.15, -0.1) is 0 Å². The van der Waals surface area contributed by atoms with Crippen molar-refractivity contribution in [2.45, 2.75) is 34.2 Å². The average molecular weight is 313 g/mol. The number of nitrogen functional groups attached to an aromatic ring is 1. The third kappa shape index (κ3) is 5.40. The van der Waals surface area contributed by atoms with Crippen LogP contribution in [0.3, 0.4) is 0 Å². The van der Waals surface area contributed by atoms with Gasteiger partial charge in [0.1, 0.15) is 0 Å². The Morgan fingerprint density at radius 2 is 1.67 bits per heavy atom. The molecular weight excluding hydrogens is 288 g/mol. The van der Waals surface area contributed by atoms with Crippen molar-refractivity contribution in [2.24, 2.45) is 11.8 Å². The van der Waals surface area contributed by atoms with Crippen molar-refractivity contribution in [3.63, 3.8) is 0 Å². The molecule has 2 N–H and O–H groups in total. The van der Waals surface area contributed by atoms with Crippen LogP contribution in [0, 0.1) is 11.8 Å². The minimum absolute atomic E-state index is 0.684. The summed E-state index contributed by atoms with van der Waals surface area (Å²) in [7, 11) is 0. The molecule has 0 radical (unpaired) electrons. The first-order chi connectivity index (χ1) is 8.38. The predicted octanol–water partition coefficient (Wildman–Crippen LogP) is 4.15. The van der Waals surface area contributed by atoms with E-state index in [1.165, 1.54) is 5.56 Å². The van der Waals surface area contributed by atoms with E-state index in [4.69, 9.17) is 5.73 Å².